The van der Waals surface area contributed by atoms with Crippen LogP contribution in [0.2, 0.25) is 0 Å². The average molecular weight is 270 g/mol. The van der Waals surface area contributed by atoms with Gasteiger partial charge in [0.2, 0.25) is 10.0 Å². The predicted molar refractivity (Wildman–Crippen MR) is 74.1 cm³/mol. The first kappa shape index (κ1) is 15.1. The second kappa shape index (κ2) is 6.87. The van der Waals surface area contributed by atoms with E-state index >= 15 is 0 Å². The van der Waals surface area contributed by atoms with Crippen molar-refractivity contribution in [2.24, 2.45) is 0 Å². The fourth-order valence-electron chi connectivity index (χ4n) is 1.90. The Morgan fingerprint density at radius 2 is 1.78 bits per heavy atom. The maximum Gasteiger partial charge on any atom is 0.240 e. The first-order valence-electron chi connectivity index (χ1n) is 6.23. The smallest absolute Gasteiger partial charge is 0.240 e. The quantitative estimate of drug-likeness (QED) is 0.790. The van der Waals surface area contributed by atoms with E-state index in [-0.39, 0.29) is 0 Å². The number of hydrogen-bond acceptors (Lipinski definition) is 3. The van der Waals surface area contributed by atoms with Crippen LogP contribution in [0.4, 0.5) is 0 Å². The third-order valence-electron chi connectivity index (χ3n) is 3.03. The summed E-state index contributed by atoms with van der Waals surface area (Å²) in [5.74, 6) is 0. The van der Waals surface area contributed by atoms with E-state index in [4.69, 9.17) is 0 Å². The van der Waals surface area contributed by atoms with Crippen molar-refractivity contribution in [3.8, 4) is 0 Å². The molecule has 0 aliphatic heterocycles. The van der Waals surface area contributed by atoms with Gasteiger partial charge < -0.3 is 5.32 Å². The monoisotopic (exact) mass is 270 g/mol. The first-order chi connectivity index (χ1) is 8.53. The maximum atomic E-state index is 11.6. The average Bonchev–Trinajstić information content (AvgIpc) is 2.39. The number of hydrogen-bond donors (Lipinski definition) is 2. The largest absolute Gasteiger partial charge is 0.317 e. The van der Waals surface area contributed by atoms with Crippen molar-refractivity contribution in [2.75, 3.05) is 14.1 Å². The molecule has 0 saturated carbocycles. The van der Waals surface area contributed by atoms with Crippen molar-refractivity contribution >= 4 is 10.0 Å². The van der Waals surface area contributed by atoms with Crippen LogP contribution < -0.4 is 10.0 Å². The van der Waals surface area contributed by atoms with Crippen molar-refractivity contribution in [1.29, 1.82) is 0 Å². The molecule has 4 nitrogen and oxygen atoms in total. The molecular formula is C13H22N2O2S. The summed E-state index contributed by atoms with van der Waals surface area (Å²) in [6.45, 7) is 2.16. The molecule has 1 rings (SSSR count). The van der Waals surface area contributed by atoms with E-state index in [2.05, 4.69) is 17.0 Å². The fraction of sp³-hybridized carbons (Fsp3) is 0.538. The lowest BCUT2D eigenvalue weighted by Gasteiger charge is -2.15. The Bertz CT molecular complexity index is 454. The maximum absolute atomic E-state index is 11.6. The third-order valence-corrected chi connectivity index (χ3v) is 4.46. The normalized spacial score (nSPS) is 13.5. The van der Waals surface area contributed by atoms with Crippen molar-refractivity contribution < 1.29 is 8.42 Å². The van der Waals surface area contributed by atoms with Crippen LogP contribution in [-0.2, 0) is 16.4 Å². The standard InChI is InChI=1S/C13H22N2O2S/c1-4-5-12(14-2)10-11-6-8-13(9-7-11)18(16,17)15-3/h6-9,12,14-15H,4-5,10H2,1-3H3. The number of sulfonamides is 1. The van der Waals surface area contributed by atoms with Crippen LogP contribution in [-0.4, -0.2) is 28.6 Å². The van der Waals surface area contributed by atoms with Gasteiger partial charge in [-0.3, -0.25) is 0 Å². The molecule has 0 aliphatic rings. The third kappa shape index (κ3) is 4.08. The van der Waals surface area contributed by atoms with E-state index in [1.807, 2.05) is 19.2 Å². The number of nitrogens with one attached hydrogen (secondary N) is 2. The molecule has 1 atom stereocenters. The van der Waals surface area contributed by atoms with Gasteiger partial charge in [0.1, 0.15) is 0 Å². The Balaban J connectivity index is 2.77. The molecule has 0 spiro atoms. The van der Waals surface area contributed by atoms with Crippen LogP contribution in [0.25, 0.3) is 0 Å². The minimum absolute atomic E-state index is 0.310. The molecule has 1 aromatic rings. The highest BCUT2D eigenvalue weighted by Gasteiger charge is 2.11. The van der Waals surface area contributed by atoms with Crippen molar-refractivity contribution in [3.63, 3.8) is 0 Å². The van der Waals surface area contributed by atoms with E-state index in [0.29, 0.717) is 10.9 Å². The summed E-state index contributed by atoms with van der Waals surface area (Å²) in [6, 6.07) is 7.51. The zero-order chi connectivity index (χ0) is 13.6. The first-order valence-corrected chi connectivity index (χ1v) is 7.71. The summed E-state index contributed by atoms with van der Waals surface area (Å²) >= 11 is 0. The molecule has 1 aromatic carbocycles. The minimum atomic E-state index is -3.32. The molecule has 1 unspecified atom stereocenters. The van der Waals surface area contributed by atoms with Gasteiger partial charge in [0, 0.05) is 6.04 Å². The van der Waals surface area contributed by atoms with E-state index in [9.17, 15) is 8.42 Å². The van der Waals surface area contributed by atoms with Gasteiger partial charge in [-0.2, -0.15) is 0 Å². The van der Waals surface area contributed by atoms with Gasteiger partial charge in [0.25, 0.3) is 0 Å². The van der Waals surface area contributed by atoms with E-state index in [1.165, 1.54) is 7.05 Å². The Labute approximate surface area is 110 Å². The van der Waals surface area contributed by atoms with Crippen molar-refractivity contribution in [1.82, 2.24) is 10.0 Å². The van der Waals surface area contributed by atoms with Gasteiger partial charge >= 0.3 is 0 Å². The number of likely N-dealkylation sites (N-methyl/N-ethyl adjacent to an activating group) is 1. The molecule has 5 heteroatoms. The highest BCUT2D eigenvalue weighted by atomic mass is 32.2. The van der Waals surface area contributed by atoms with Gasteiger partial charge in [-0.15, -0.1) is 0 Å². The van der Waals surface area contributed by atoms with Crippen LogP contribution in [0, 0.1) is 0 Å². The highest BCUT2D eigenvalue weighted by Crippen LogP contribution is 2.12. The van der Waals surface area contributed by atoms with Crippen molar-refractivity contribution in [3.05, 3.63) is 29.8 Å². The second-order valence-corrected chi connectivity index (χ2v) is 6.22. The Kier molecular flexibility index (Phi) is 5.78. The molecule has 0 heterocycles. The Morgan fingerprint density at radius 3 is 2.22 bits per heavy atom. The lowest BCUT2D eigenvalue weighted by molar-refractivity contribution is 0.513. The summed E-state index contributed by atoms with van der Waals surface area (Å²) in [7, 11) is 0.0518. The molecule has 0 saturated heterocycles. The molecule has 2 N–H and O–H groups in total. The lowest BCUT2D eigenvalue weighted by Crippen LogP contribution is -2.27. The summed E-state index contributed by atoms with van der Waals surface area (Å²) in [5, 5.41) is 3.28. The topological polar surface area (TPSA) is 58.2 Å². The number of rotatable bonds is 7. The molecule has 0 amide bonds. The van der Waals surface area contributed by atoms with E-state index in [1.54, 1.807) is 12.1 Å². The lowest BCUT2D eigenvalue weighted by atomic mass is 10.0. The SMILES string of the molecule is CCCC(Cc1ccc(S(=O)(=O)NC)cc1)NC. The van der Waals surface area contributed by atoms with E-state index in [0.717, 1.165) is 24.8 Å². The molecule has 102 valence electrons. The van der Waals surface area contributed by atoms with Crippen LogP contribution in [0.5, 0.6) is 0 Å². The Morgan fingerprint density at radius 1 is 1.17 bits per heavy atom. The summed E-state index contributed by atoms with van der Waals surface area (Å²) < 4.78 is 25.4. The molecular weight excluding hydrogens is 248 g/mol. The van der Waals surface area contributed by atoms with Gasteiger partial charge in [0.05, 0.1) is 4.90 Å². The predicted octanol–water partition coefficient (Wildman–Crippen LogP) is 1.53. The Hall–Kier alpha value is -0.910. The van der Waals surface area contributed by atoms with Crippen LogP contribution in [0.1, 0.15) is 25.3 Å². The molecule has 0 aromatic heterocycles. The highest BCUT2D eigenvalue weighted by molar-refractivity contribution is 7.89. The fourth-order valence-corrected chi connectivity index (χ4v) is 2.63. The number of benzene rings is 1. The summed E-state index contributed by atoms with van der Waals surface area (Å²) in [6.07, 6.45) is 3.18. The van der Waals surface area contributed by atoms with Crippen molar-refractivity contribution in [2.45, 2.75) is 37.1 Å². The zero-order valence-corrected chi connectivity index (χ0v) is 12.0. The zero-order valence-electron chi connectivity index (χ0n) is 11.2. The van der Waals surface area contributed by atoms with E-state index < -0.39 is 10.0 Å². The van der Waals surface area contributed by atoms with Crippen LogP contribution >= 0.6 is 0 Å². The molecule has 0 fully saturated rings. The van der Waals surface area contributed by atoms with Crippen LogP contribution in [0.3, 0.4) is 0 Å². The van der Waals surface area contributed by atoms with Gasteiger partial charge in [0.15, 0.2) is 0 Å². The van der Waals surface area contributed by atoms with Gasteiger partial charge in [-0.1, -0.05) is 25.5 Å². The molecule has 0 bridgehead atoms. The van der Waals surface area contributed by atoms with Gasteiger partial charge in [-0.25, -0.2) is 13.1 Å². The van der Waals surface area contributed by atoms with Gasteiger partial charge in [-0.05, 0) is 44.6 Å². The molecule has 0 radical (unpaired) electrons. The molecule has 0 aliphatic carbocycles. The molecule has 18 heavy (non-hydrogen) atoms. The summed E-state index contributed by atoms with van der Waals surface area (Å²) in [4.78, 5) is 0.310. The summed E-state index contributed by atoms with van der Waals surface area (Å²) in [5.41, 5.74) is 1.15. The second-order valence-electron chi connectivity index (χ2n) is 4.33. The van der Waals surface area contributed by atoms with Crippen LogP contribution in [0.15, 0.2) is 29.2 Å². The minimum Gasteiger partial charge on any atom is -0.317 e.